The minimum Gasteiger partial charge on any atom is -0.480 e. The number of hydrogen-bond donors (Lipinski definition) is 1. The van der Waals surface area contributed by atoms with Crippen LogP contribution in [0.3, 0.4) is 0 Å². The lowest BCUT2D eigenvalue weighted by atomic mass is 10.1. The third-order valence-electron chi connectivity index (χ3n) is 2.51. The van der Waals surface area contributed by atoms with Gasteiger partial charge in [-0.05, 0) is 18.4 Å². The highest BCUT2D eigenvalue weighted by molar-refractivity contribution is 7.92. The second-order valence-electron chi connectivity index (χ2n) is 3.82. The standard InChI is InChI=1S/C12H13NO4S/c13-8-9-18(16,17)11(12(14)15)7-6-10-4-2-1-3-5-10/h1-5,11H,6-7,9H2,(H,14,15). The molecule has 0 spiro atoms. The molecule has 0 heterocycles. The quantitative estimate of drug-likeness (QED) is 0.830. The van der Waals surface area contributed by atoms with Crippen LogP contribution in [0.1, 0.15) is 12.0 Å². The average molecular weight is 267 g/mol. The van der Waals surface area contributed by atoms with E-state index in [2.05, 4.69) is 0 Å². The molecule has 96 valence electrons. The number of aliphatic carboxylic acids is 1. The van der Waals surface area contributed by atoms with Gasteiger partial charge in [-0.2, -0.15) is 5.26 Å². The van der Waals surface area contributed by atoms with Crippen molar-refractivity contribution in [2.24, 2.45) is 0 Å². The van der Waals surface area contributed by atoms with Crippen molar-refractivity contribution < 1.29 is 18.3 Å². The summed E-state index contributed by atoms with van der Waals surface area (Å²) in [4.78, 5) is 11.0. The van der Waals surface area contributed by atoms with Gasteiger partial charge in [-0.25, -0.2) is 8.42 Å². The second-order valence-corrected chi connectivity index (χ2v) is 6.00. The van der Waals surface area contributed by atoms with Gasteiger partial charge >= 0.3 is 5.97 Å². The van der Waals surface area contributed by atoms with Crippen LogP contribution in [0, 0.1) is 11.3 Å². The maximum atomic E-state index is 11.6. The van der Waals surface area contributed by atoms with Crippen molar-refractivity contribution in [1.82, 2.24) is 0 Å². The molecule has 1 N–H and O–H groups in total. The minimum atomic E-state index is -3.90. The van der Waals surface area contributed by atoms with Gasteiger partial charge in [0.25, 0.3) is 0 Å². The first-order chi connectivity index (χ1) is 8.47. The maximum Gasteiger partial charge on any atom is 0.321 e. The molecule has 0 aliphatic heterocycles. The van der Waals surface area contributed by atoms with Gasteiger partial charge in [0.2, 0.25) is 0 Å². The van der Waals surface area contributed by atoms with Crippen molar-refractivity contribution in [1.29, 1.82) is 5.26 Å². The van der Waals surface area contributed by atoms with Gasteiger partial charge in [-0.3, -0.25) is 4.79 Å². The van der Waals surface area contributed by atoms with E-state index in [0.29, 0.717) is 6.42 Å². The number of carboxylic acid groups (broad SMARTS) is 1. The summed E-state index contributed by atoms with van der Waals surface area (Å²) in [5.41, 5.74) is 0.871. The van der Waals surface area contributed by atoms with Gasteiger partial charge in [0.1, 0.15) is 5.75 Å². The molecule has 1 aromatic rings. The fraction of sp³-hybridized carbons (Fsp3) is 0.333. The number of sulfone groups is 1. The molecule has 0 aromatic heterocycles. The number of nitrogens with zero attached hydrogens (tertiary/aromatic N) is 1. The summed E-state index contributed by atoms with van der Waals surface area (Å²) in [6.45, 7) is 0. The van der Waals surface area contributed by atoms with Crippen molar-refractivity contribution >= 4 is 15.8 Å². The largest absolute Gasteiger partial charge is 0.480 e. The molecule has 0 radical (unpaired) electrons. The molecule has 0 fully saturated rings. The summed E-state index contributed by atoms with van der Waals surface area (Å²) in [7, 11) is -3.90. The van der Waals surface area contributed by atoms with Crippen molar-refractivity contribution in [3.8, 4) is 6.07 Å². The Morgan fingerprint density at radius 1 is 1.33 bits per heavy atom. The monoisotopic (exact) mass is 267 g/mol. The summed E-state index contributed by atoms with van der Waals surface area (Å²) in [6, 6.07) is 10.5. The van der Waals surface area contributed by atoms with Gasteiger partial charge in [0.05, 0.1) is 6.07 Å². The minimum absolute atomic E-state index is 0.0244. The number of nitriles is 1. The topological polar surface area (TPSA) is 95.2 Å². The molecular formula is C12H13NO4S. The predicted octanol–water partition coefficient (Wildman–Crippen LogP) is 1.01. The zero-order valence-electron chi connectivity index (χ0n) is 9.61. The van der Waals surface area contributed by atoms with Gasteiger partial charge < -0.3 is 5.11 Å². The zero-order valence-corrected chi connectivity index (χ0v) is 10.4. The van der Waals surface area contributed by atoms with Crippen LogP contribution in [0.25, 0.3) is 0 Å². The molecule has 6 heteroatoms. The summed E-state index contributed by atoms with van der Waals surface area (Å²) in [6.07, 6.45) is 0.325. The van der Waals surface area contributed by atoms with Crippen LogP contribution in [0.4, 0.5) is 0 Å². The lowest BCUT2D eigenvalue weighted by Crippen LogP contribution is -2.32. The number of hydrogen-bond acceptors (Lipinski definition) is 4. The van der Waals surface area contributed by atoms with E-state index in [4.69, 9.17) is 10.4 Å². The normalized spacial score (nSPS) is 12.6. The van der Waals surface area contributed by atoms with Gasteiger partial charge in [0, 0.05) is 0 Å². The van der Waals surface area contributed by atoms with Crippen LogP contribution in [-0.4, -0.2) is 30.5 Å². The van der Waals surface area contributed by atoms with E-state index in [1.54, 1.807) is 24.3 Å². The molecule has 1 aromatic carbocycles. The van der Waals surface area contributed by atoms with Crippen LogP contribution in [0.2, 0.25) is 0 Å². The number of aryl methyl sites for hydroxylation is 1. The smallest absolute Gasteiger partial charge is 0.321 e. The maximum absolute atomic E-state index is 11.6. The van der Waals surface area contributed by atoms with Crippen molar-refractivity contribution in [2.75, 3.05) is 5.75 Å². The number of rotatable bonds is 6. The molecule has 1 unspecified atom stereocenters. The Bertz CT molecular complexity index is 545. The van der Waals surface area contributed by atoms with Gasteiger partial charge in [-0.1, -0.05) is 30.3 Å². The van der Waals surface area contributed by atoms with Gasteiger partial charge in [0.15, 0.2) is 15.1 Å². The van der Waals surface area contributed by atoms with E-state index in [1.807, 2.05) is 6.07 Å². The summed E-state index contributed by atoms with van der Waals surface area (Å²) in [5.74, 6) is -2.17. The lowest BCUT2D eigenvalue weighted by molar-refractivity contribution is -0.136. The molecule has 5 nitrogen and oxygen atoms in total. The number of carboxylic acids is 1. The molecule has 0 amide bonds. The lowest BCUT2D eigenvalue weighted by Gasteiger charge is -2.11. The highest BCUT2D eigenvalue weighted by Gasteiger charge is 2.31. The van der Waals surface area contributed by atoms with Crippen molar-refractivity contribution in [3.63, 3.8) is 0 Å². The predicted molar refractivity (Wildman–Crippen MR) is 65.6 cm³/mol. The van der Waals surface area contributed by atoms with E-state index >= 15 is 0 Å². The van der Waals surface area contributed by atoms with Crippen LogP contribution in [0.5, 0.6) is 0 Å². The fourth-order valence-corrected chi connectivity index (χ4v) is 2.75. The molecular weight excluding hydrogens is 254 g/mol. The first kappa shape index (κ1) is 14.2. The SMILES string of the molecule is N#CCS(=O)(=O)C(CCc1ccccc1)C(=O)O. The summed E-state index contributed by atoms with van der Waals surface area (Å²) < 4.78 is 23.2. The average Bonchev–Trinajstić information content (AvgIpc) is 2.29. The van der Waals surface area contributed by atoms with Crippen molar-refractivity contribution in [2.45, 2.75) is 18.1 Å². The highest BCUT2D eigenvalue weighted by Crippen LogP contribution is 2.12. The molecule has 0 saturated heterocycles. The van der Waals surface area contributed by atoms with E-state index < -0.39 is 26.8 Å². The van der Waals surface area contributed by atoms with E-state index in [9.17, 15) is 13.2 Å². The number of benzene rings is 1. The Balaban J connectivity index is 2.78. The Kier molecular flexibility index (Phi) is 4.86. The molecule has 0 bridgehead atoms. The molecule has 1 rings (SSSR count). The Morgan fingerprint density at radius 3 is 2.44 bits per heavy atom. The molecule has 0 aliphatic carbocycles. The third-order valence-corrected chi connectivity index (χ3v) is 4.35. The molecule has 0 aliphatic rings. The van der Waals surface area contributed by atoms with Crippen molar-refractivity contribution in [3.05, 3.63) is 35.9 Å². The summed E-state index contributed by atoms with van der Waals surface area (Å²) >= 11 is 0. The Morgan fingerprint density at radius 2 is 1.94 bits per heavy atom. The van der Waals surface area contributed by atoms with Gasteiger partial charge in [-0.15, -0.1) is 0 Å². The van der Waals surface area contributed by atoms with Crippen LogP contribution < -0.4 is 0 Å². The van der Waals surface area contributed by atoms with E-state index in [0.717, 1.165) is 5.56 Å². The Labute approximate surface area is 106 Å². The third kappa shape index (κ3) is 3.86. The molecule has 1 atom stereocenters. The first-order valence-corrected chi connectivity index (χ1v) is 7.04. The van der Waals surface area contributed by atoms with Crippen LogP contribution >= 0.6 is 0 Å². The Hall–Kier alpha value is -1.87. The van der Waals surface area contributed by atoms with E-state index in [-0.39, 0.29) is 6.42 Å². The van der Waals surface area contributed by atoms with E-state index in [1.165, 1.54) is 6.07 Å². The number of carbonyl (C=O) groups is 1. The zero-order chi connectivity index (χ0) is 13.6. The molecule has 18 heavy (non-hydrogen) atoms. The summed E-state index contributed by atoms with van der Waals surface area (Å²) in [5, 5.41) is 15.8. The second kappa shape index (κ2) is 6.17. The highest BCUT2D eigenvalue weighted by atomic mass is 32.2. The first-order valence-electron chi connectivity index (χ1n) is 5.32. The molecule has 0 saturated carbocycles. The van der Waals surface area contributed by atoms with Crippen LogP contribution in [-0.2, 0) is 21.1 Å². The van der Waals surface area contributed by atoms with Crippen LogP contribution in [0.15, 0.2) is 30.3 Å². The fourth-order valence-electron chi connectivity index (χ4n) is 1.59.